The number of likely N-dealkylation sites (N-methyl/N-ethyl adjacent to an activating group) is 1. The molecule has 0 saturated carbocycles. The third-order valence-corrected chi connectivity index (χ3v) is 7.35. The van der Waals surface area contributed by atoms with Crippen molar-refractivity contribution in [1.82, 2.24) is 19.6 Å². The average molecular weight is 413 g/mol. The molecule has 3 saturated heterocycles. The number of hydrogen-bond acceptors (Lipinski definition) is 6. The van der Waals surface area contributed by atoms with E-state index in [0.29, 0.717) is 36.7 Å². The van der Waals surface area contributed by atoms with Crippen molar-refractivity contribution in [3.63, 3.8) is 0 Å². The molecule has 0 aromatic rings. The molecule has 1 atom stereocenters. The Morgan fingerprint density at radius 3 is 2.57 bits per heavy atom. The summed E-state index contributed by atoms with van der Waals surface area (Å²) in [6.45, 7) is 10.1. The summed E-state index contributed by atoms with van der Waals surface area (Å²) in [5.41, 5.74) is -0.393. The summed E-state index contributed by atoms with van der Waals surface area (Å²) in [6, 6.07) is 0.618. The van der Waals surface area contributed by atoms with E-state index in [1.807, 2.05) is 9.80 Å². The molecule has 3 aliphatic rings. The molecule has 3 aliphatic heterocycles. The summed E-state index contributed by atoms with van der Waals surface area (Å²) in [7, 11) is 4.27. The molecular weight excluding hydrogens is 376 g/mol. The van der Waals surface area contributed by atoms with Crippen molar-refractivity contribution in [2.24, 2.45) is 0 Å². The maximum Gasteiger partial charge on any atom is 0.410 e. The molecule has 7 nitrogen and oxygen atoms in total. The first-order chi connectivity index (χ1) is 13.3. The van der Waals surface area contributed by atoms with Crippen molar-refractivity contribution in [1.29, 1.82) is 0 Å². The Morgan fingerprint density at radius 1 is 1.25 bits per heavy atom. The minimum Gasteiger partial charge on any atom is -0.441 e. The van der Waals surface area contributed by atoms with E-state index >= 15 is 0 Å². The van der Waals surface area contributed by atoms with Gasteiger partial charge in [0.05, 0.1) is 12.3 Å². The molecule has 0 aromatic carbocycles. The summed E-state index contributed by atoms with van der Waals surface area (Å²) >= 11 is 1.69. The molecule has 3 fully saturated rings. The van der Waals surface area contributed by atoms with Crippen LogP contribution in [0.5, 0.6) is 0 Å². The molecule has 0 bridgehead atoms. The number of carbonyl (C=O) groups is 2. The van der Waals surface area contributed by atoms with Gasteiger partial charge in [-0.3, -0.25) is 9.69 Å². The minimum atomic E-state index is -0.393. The Morgan fingerprint density at radius 2 is 1.96 bits per heavy atom. The molecule has 0 unspecified atom stereocenters. The fourth-order valence-electron chi connectivity index (χ4n) is 4.32. The first kappa shape index (κ1) is 21.7. The second kappa shape index (κ2) is 9.22. The Kier molecular flexibility index (Phi) is 7.15. The minimum absolute atomic E-state index is 0.182. The molecular formula is C20H36N4O3S. The van der Waals surface area contributed by atoms with Gasteiger partial charge in [-0.15, -0.1) is 11.8 Å². The number of ether oxygens (including phenoxy) is 1. The standard InChI is InChI=1S/C20H36N4O3S/c1-16(2)28-14-18(25)23-9-6-20(7-10-23)15-24(19(26)27-20)12-11-22-8-5-17(13-22)21(3)4/h16-17H,5-15H2,1-4H3/t17-/m1/s1. The zero-order valence-electron chi connectivity index (χ0n) is 17.9. The molecule has 1 spiro atoms. The maximum atomic E-state index is 12.4. The van der Waals surface area contributed by atoms with Crippen molar-refractivity contribution in [2.75, 3.05) is 65.7 Å². The lowest BCUT2D eigenvalue weighted by atomic mass is 9.91. The number of piperidine rings is 1. The zero-order chi connectivity index (χ0) is 20.3. The summed E-state index contributed by atoms with van der Waals surface area (Å²) in [5.74, 6) is 0.750. The van der Waals surface area contributed by atoms with Crippen LogP contribution in [0.15, 0.2) is 0 Å². The molecule has 0 aliphatic carbocycles. The van der Waals surface area contributed by atoms with Crippen LogP contribution >= 0.6 is 11.8 Å². The highest BCUT2D eigenvalue weighted by molar-refractivity contribution is 8.00. The van der Waals surface area contributed by atoms with Gasteiger partial charge in [-0.25, -0.2) is 4.79 Å². The molecule has 3 rings (SSSR count). The van der Waals surface area contributed by atoms with Gasteiger partial charge < -0.3 is 19.4 Å². The normalized spacial score (nSPS) is 25.4. The second-order valence-electron chi connectivity index (χ2n) is 8.92. The lowest BCUT2D eigenvalue weighted by molar-refractivity contribution is -0.131. The van der Waals surface area contributed by atoms with Gasteiger partial charge in [-0.2, -0.15) is 0 Å². The molecule has 8 heteroatoms. The van der Waals surface area contributed by atoms with E-state index < -0.39 is 5.60 Å². The Hall–Kier alpha value is -0.990. The number of thioether (sulfide) groups is 1. The van der Waals surface area contributed by atoms with Crippen LogP contribution in [-0.2, 0) is 9.53 Å². The maximum absolute atomic E-state index is 12.4. The van der Waals surface area contributed by atoms with Crippen LogP contribution in [0.25, 0.3) is 0 Å². The van der Waals surface area contributed by atoms with Gasteiger partial charge in [0, 0.05) is 51.6 Å². The highest BCUT2D eigenvalue weighted by Crippen LogP contribution is 2.33. The second-order valence-corrected chi connectivity index (χ2v) is 10.5. The quantitative estimate of drug-likeness (QED) is 0.633. The number of amides is 2. The largest absolute Gasteiger partial charge is 0.441 e. The number of rotatable bonds is 7. The average Bonchev–Trinajstić information content (AvgIpc) is 3.23. The first-order valence-corrected chi connectivity index (χ1v) is 11.6. The van der Waals surface area contributed by atoms with Gasteiger partial charge in [-0.05, 0) is 32.3 Å². The van der Waals surface area contributed by atoms with Crippen LogP contribution in [0.1, 0.15) is 33.1 Å². The molecule has 160 valence electrons. The summed E-state index contributed by atoms with van der Waals surface area (Å²) in [4.78, 5) is 33.3. The van der Waals surface area contributed by atoms with E-state index in [4.69, 9.17) is 4.74 Å². The van der Waals surface area contributed by atoms with Crippen LogP contribution < -0.4 is 0 Å². The van der Waals surface area contributed by atoms with Gasteiger partial charge in [-0.1, -0.05) is 13.8 Å². The Bertz CT molecular complexity index is 564. The molecule has 0 aromatic heterocycles. The van der Waals surface area contributed by atoms with E-state index in [2.05, 4.69) is 37.7 Å². The monoisotopic (exact) mass is 412 g/mol. The summed E-state index contributed by atoms with van der Waals surface area (Å²) in [5, 5.41) is 0.466. The SMILES string of the molecule is CC(C)SCC(=O)N1CCC2(CC1)CN(CCN1CC[C@@H](N(C)C)C1)C(=O)O2. The molecule has 0 N–H and O–H groups in total. The summed E-state index contributed by atoms with van der Waals surface area (Å²) < 4.78 is 5.82. The lowest BCUT2D eigenvalue weighted by Crippen LogP contribution is -2.49. The van der Waals surface area contributed by atoms with Crippen LogP contribution in [0.3, 0.4) is 0 Å². The fourth-order valence-corrected chi connectivity index (χ4v) is 4.98. The summed E-state index contributed by atoms with van der Waals surface area (Å²) in [6.07, 6.45) is 2.51. The molecule has 0 radical (unpaired) electrons. The van der Waals surface area contributed by atoms with Crippen LogP contribution in [-0.4, -0.2) is 114 Å². The topological polar surface area (TPSA) is 56.3 Å². The predicted molar refractivity (Wildman–Crippen MR) is 113 cm³/mol. The van der Waals surface area contributed by atoms with E-state index in [1.54, 1.807) is 11.8 Å². The predicted octanol–water partition coefficient (Wildman–Crippen LogP) is 1.58. The van der Waals surface area contributed by atoms with Gasteiger partial charge in [0.15, 0.2) is 0 Å². The van der Waals surface area contributed by atoms with Crippen molar-refractivity contribution in [3.05, 3.63) is 0 Å². The Balaban J connectivity index is 1.43. The Labute approximate surface area is 173 Å². The van der Waals surface area contributed by atoms with E-state index in [-0.39, 0.29) is 12.0 Å². The fraction of sp³-hybridized carbons (Fsp3) is 0.900. The van der Waals surface area contributed by atoms with E-state index in [0.717, 1.165) is 39.0 Å². The smallest absolute Gasteiger partial charge is 0.410 e. The van der Waals surface area contributed by atoms with Crippen LogP contribution in [0, 0.1) is 0 Å². The van der Waals surface area contributed by atoms with Gasteiger partial charge >= 0.3 is 6.09 Å². The van der Waals surface area contributed by atoms with Crippen molar-refractivity contribution in [2.45, 2.75) is 50.0 Å². The number of nitrogens with zero attached hydrogens (tertiary/aromatic N) is 4. The van der Waals surface area contributed by atoms with Crippen molar-refractivity contribution >= 4 is 23.8 Å². The third-order valence-electron chi connectivity index (χ3n) is 6.27. The highest BCUT2D eigenvalue weighted by Gasteiger charge is 2.47. The van der Waals surface area contributed by atoms with Crippen LogP contribution in [0.2, 0.25) is 0 Å². The molecule has 2 amide bonds. The number of hydrogen-bond donors (Lipinski definition) is 0. The van der Waals surface area contributed by atoms with Gasteiger partial charge in [0.2, 0.25) is 5.91 Å². The van der Waals surface area contributed by atoms with E-state index in [9.17, 15) is 9.59 Å². The lowest BCUT2D eigenvalue weighted by Gasteiger charge is -2.37. The third kappa shape index (κ3) is 5.33. The highest BCUT2D eigenvalue weighted by atomic mass is 32.2. The molecule has 3 heterocycles. The van der Waals surface area contributed by atoms with Crippen molar-refractivity contribution in [3.8, 4) is 0 Å². The van der Waals surface area contributed by atoms with Gasteiger partial charge in [0.1, 0.15) is 5.60 Å². The number of carbonyl (C=O) groups excluding carboxylic acids is 2. The van der Waals surface area contributed by atoms with Gasteiger partial charge in [0.25, 0.3) is 0 Å². The molecule has 28 heavy (non-hydrogen) atoms. The zero-order valence-corrected chi connectivity index (χ0v) is 18.7. The van der Waals surface area contributed by atoms with E-state index in [1.165, 1.54) is 6.42 Å². The first-order valence-electron chi connectivity index (χ1n) is 10.5. The number of likely N-dealkylation sites (tertiary alicyclic amines) is 2. The van der Waals surface area contributed by atoms with Crippen molar-refractivity contribution < 1.29 is 14.3 Å². The van der Waals surface area contributed by atoms with Crippen LogP contribution in [0.4, 0.5) is 4.79 Å².